The van der Waals surface area contributed by atoms with Gasteiger partial charge in [0.1, 0.15) is 16.6 Å². The number of nitrogens with one attached hydrogen (secondary N) is 1. The van der Waals surface area contributed by atoms with E-state index < -0.39 is 11.1 Å². The molecule has 10 heteroatoms. The van der Waals surface area contributed by atoms with Crippen LogP contribution in [-0.4, -0.2) is 83.2 Å². The Morgan fingerprint density at radius 1 is 1.30 bits per heavy atom. The van der Waals surface area contributed by atoms with Gasteiger partial charge in [0.25, 0.3) is 0 Å². The molecular formula is C20H32ClN5O4. The summed E-state index contributed by atoms with van der Waals surface area (Å²) in [5.74, 6) is 1.14. The molecule has 9 nitrogen and oxygen atoms in total. The van der Waals surface area contributed by atoms with E-state index in [2.05, 4.69) is 10.3 Å². The van der Waals surface area contributed by atoms with Crippen molar-refractivity contribution in [2.75, 3.05) is 56.2 Å². The quantitative estimate of drug-likeness (QED) is 0.671. The van der Waals surface area contributed by atoms with Gasteiger partial charge in [-0.2, -0.15) is 4.98 Å². The Morgan fingerprint density at radius 2 is 2.00 bits per heavy atom. The lowest BCUT2D eigenvalue weighted by Gasteiger charge is -2.31. The third kappa shape index (κ3) is 5.65. The number of ether oxygens (including phenoxy) is 2. The zero-order valence-electron chi connectivity index (χ0n) is 18.2. The Labute approximate surface area is 182 Å². The van der Waals surface area contributed by atoms with Crippen LogP contribution in [0.1, 0.15) is 39.7 Å². The number of anilines is 2. The third-order valence-corrected chi connectivity index (χ3v) is 5.46. The highest BCUT2D eigenvalue weighted by molar-refractivity contribution is 6.30. The fraction of sp³-hybridized carbons (Fsp3) is 0.750. The van der Waals surface area contributed by atoms with Gasteiger partial charge in [0.05, 0.1) is 18.8 Å². The predicted octanol–water partition coefficient (Wildman–Crippen LogP) is 2.31. The molecule has 168 valence electrons. The van der Waals surface area contributed by atoms with Gasteiger partial charge < -0.3 is 29.7 Å². The van der Waals surface area contributed by atoms with Crippen LogP contribution in [0.3, 0.4) is 0 Å². The Bertz CT molecular complexity index is 766. The first kappa shape index (κ1) is 22.8. The van der Waals surface area contributed by atoms with E-state index in [1.807, 2.05) is 32.6 Å². The summed E-state index contributed by atoms with van der Waals surface area (Å²) >= 11 is 6.47. The topological polar surface area (TPSA) is 100 Å². The smallest absolute Gasteiger partial charge is 0.410 e. The fourth-order valence-electron chi connectivity index (χ4n) is 3.62. The van der Waals surface area contributed by atoms with Gasteiger partial charge in [0.15, 0.2) is 0 Å². The third-order valence-electron chi connectivity index (χ3n) is 5.15. The average Bonchev–Trinajstić information content (AvgIpc) is 3.06. The molecular weight excluding hydrogens is 410 g/mol. The van der Waals surface area contributed by atoms with Gasteiger partial charge in [-0.15, -0.1) is 0 Å². The number of amides is 1. The van der Waals surface area contributed by atoms with Crippen LogP contribution in [0.5, 0.6) is 0 Å². The van der Waals surface area contributed by atoms with E-state index in [4.69, 9.17) is 26.1 Å². The zero-order chi connectivity index (χ0) is 21.9. The maximum atomic E-state index is 12.5. The molecule has 0 saturated carbocycles. The number of rotatable bonds is 5. The van der Waals surface area contributed by atoms with Crippen molar-refractivity contribution in [1.29, 1.82) is 0 Å². The van der Waals surface area contributed by atoms with Gasteiger partial charge in [-0.1, -0.05) is 11.6 Å². The first-order valence-electron chi connectivity index (χ1n) is 10.4. The minimum absolute atomic E-state index is 0.0601. The van der Waals surface area contributed by atoms with E-state index in [0.717, 1.165) is 6.42 Å². The van der Waals surface area contributed by atoms with E-state index in [9.17, 15) is 9.90 Å². The van der Waals surface area contributed by atoms with Crippen LogP contribution in [0.4, 0.5) is 16.6 Å². The number of likely N-dealkylation sites (tertiary alicyclic amines) is 1. The van der Waals surface area contributed by atoms with Gasteiger partial charge in [0, 0.05) is 44.8 Å². The van der Waals surface area contributed by atoms with E-state index in [-0.39, 0.29) is 12.7 Å². The van der Waals surface area contributed by atoms with Crippen molar-refractivity contribution in [2.24, 2.45) is 0 Å². The molecule has 1 aromatic heterocycles. The van der Waals surface area contributed by atoms with Crippen LogP contribution in [0.25, 0.3) is 0 Å². The minimum Gasteiger partial charge on any atom is -0.444 e. The normalized spacial score (nSPS) is 22.3. The van der Waals surface area contributed by atoms with Crippen molar-refractivity contribution in [3.8, 4) is 0 Å². The summed E-state index contributed by atoms with van der Waals surface area (Å²) in [4.78, 5) is 25.4. The molecule has 2 aliphatic rings. The lowest BCUT2D eigenvalue weighted by molar-refractivity contribution is 0.0287. The molecule has 1 aromatic rings. The maximum Gasteiger partial charge on any atom is 0.410 e. The Balaban J connectivity index is 1.80. The lowest BCUT2D eigenvalue weighted by Crippen LogP contribution is -2.42. The van der Waals surface area contributed by atoms with Crippen molar-refractivity contribution in [2.45, 2.75) is 51.7 Å². The summed E-state index contributed by atoms with van der Waals surface area (Å²) in [6.07, 6.45) is 0.758. The van der Waals surface area contributed by atoms with Crippen molar-refractivity contribution in [1.82, 2.24) is 14.9 Å². The van der Waals surface area contributed by atoms with Crippen molar-refractivity contribution in [3.05, 3.63) is 10.7 Å². The molecule has 0 aliphatic carbocycles. The summed E-state index contributed by atoms with van der Waals surface area (Å²) in [6.45, 7) is 11.2. The van der Waals surface area contributed by atoms with E-state index in [1.165, 1.54) is 0 Å². The minimum atomic E-state index is -0.537. The van der Waals surface area contributed by atoms with Crippen LogP contribution < -0.4 is 10.2 Å². The number of carbonyl (C=O) groups is 1. The molecule has 0 spiro atoms. The summed E-state index contributed by atoms with van der Waals surface area (Å²) in [5, 5.41) is 13.3. The number of aliphatic hydroxyl groups is 1. The predicted molar refractivity (Wildman–Crippen MR) is 115 cm³/mol. The summed E-state index contributed by atoms with van der Waals surface area (Å²) in [7, 11) is 0. The fourth-order valence-corrected chi connectivity index (χ4v) is 3.88. The molecule has 0 bridgehead atoms. The number of halogens is 1. The largest absolute Gasteiger partial charge is 0.444 e. The first-order chi connectivity index (χ1) is 14.1. The lowest BCUT2D eigenvalue weighted by atomic mass is 10.0. The second-order valence-electron chi connectivity index (χ2n) is 9.05. The molecule has 2 saturated heterocycles. The van der Waals surface area contributed by atoms with E-state index in [1.54, 1.807) is 4.90 Å². The van der Waals surface area contributed by atoms with E-state index >= 15 is 0 Å². The average molecular weight is 442 g/mol. The molecule has 0 aromatic carbocycles. The molecule has 2 N–H and O–H groups in total. The number of aliphatic hydroxyl groups excluding tert-OH is 1. The van der Waals surface area contributed by atoms with Gasteiger partial charge in [-0.3, -0.25) is 0 Å². The van der Waals surface area contributed by atoms with Gasteiger partial charge in [0.2, 0.25) is 5.95 Å². The standard InChI is InChI=1S/C20H32ClN5O4/c1-19(2,3)30-18(28)26-7-6-20(4,13-26)24-16-14(5-10-27)15(21)22-17(23-16)25-8-11-29-12-9-25/h27H,5-13H2,1-4H3,(H,22,23,24)/t20-/m0/s1. The van der Waals surface area contributed by atoms with Crippen LogP contribution in [0.2, 0.25) is 5.15 Å². The summed E-state index contributed by atoms with van der Waals surface area (Å²) < 4.78 is 10.9. The first-order valence-corrected chi connectivity index (χ1v) is 10.7. The highest BCUT2D eigenvalue weighted by Gasteiger charge is 2.38. The monoisotopic (exact) mass is 441 g/mol. The number of nitrogens with zero attached hydrogens (tertiary/aromatic N) is 4. The van der Waals surface area contributed by atoms with E-state index in [0.29, 0.717) is 68.3 Å². The number of aromatic nitrogens is 2. The highest BCUT2D eigenvalue weighted by Crippen LogP contribution is 2.31. The summed E-state index contributed by atoms with van der Waals surface area (Å²) in [6, 6.07) is 0. The van der Waals surface area contributed by atoms with Gasteiger partial charge >= 0.3 is 6.09 Å². The second-order valence-corrected chi connectivity index (χ2v) is 9.41. The van der Waals surface area contributed by atoms with Crippen LogP contribution in [-0.2, 0) is 15.9 Å². The van der Waals surface area contributed by atoms with Gasteiger partial charge in [-0.25, -0.2) is 9.78 Å². The SMILES string of the molecule is CC(C)(C)OC(=O)N1CC[C@](C)(Nc2nc(N3CCOCC3)nc(Cl)c2CCO)C1. The van der Waals surface area contributed by atoms with Crippen molar-refractivity contribution >= 4 is 29.5 Å². The molecule has 3 heterocycles. The van der Waals surface area contributed by atoms with Crippen LogP contribution in [0.15, 0.2) is 0 Å². The number of hydrogen-bond acceptors (Lipinski definition) is 8. The van der Waals surface area contributed by atoms with Crippen LogP contribution >= 0.6 is 11.6 Å². The van der Waals surface area contributed by atoms with Gasteiger partial charge in [-0.05, 0) is 34.1 Å². The molecule has 1 atom stereocenters. The molecule has 2 fully saturated rings. The molecule has 2 aliphatic heterocycles. The Kier molecular flexibility index (Phi) is 6.94. The molecule has 3 rings (SSSR count). The Hall–Kier alpha value is -1.84. The number of morpholine rings is 1. The highest BCUT2D eigenvalue weighted by atomic mass is 35.5. The Morgan fingerprint density at radius 3 is 2.63 bits per heavy atom. The molecule has 0 radical (unpaired) electrons. The zero-order valence-corrected chi connectivity index (χ0v) is 19.0. The second kappa shape index (κ2) is 9.11. The van der Waals surface area contributed by atoms with Crippen LogP contribution in [0, 0.1) is 0 Å². The molecule has 1 amide bonds. The number of carbonyl (C=O) groups excluding carboxylic acids is 1. The molecule has 30 heavy (non-hydrogen) atoms. The van der Waals surface area contributed by atoms with Crippen molar-refractivity contribution in [3.63, 3.8) is 0 Å². The van der Waals surface area contributed by atoms with Crippen molar-refractivity contribution < 1.29 is 19.4 Å². The summed E-state index contributed by atoms with van der Waals surface area (Å²) in [5.41, 5.74) is -0.264. The number of hydrogen-bond donors (Lipinski definition) is 2. The molecule has 0 unspecified atom stereocenters. The maximum absolute atomic E-state index is 12.5.